The summed E-state index contributed by atoms with van der Waals surface area (Å²) in [5.74, 6) is 1.41. The molecule has 2 aromatic rings. The lowest BCUT2D eigenvalue weighted by atomic mass is 10.2. The largest absolute Gasteiger partial charge is 0.497 e. The van der Waals surface area contributed by atoms with Crippen molar-refractivity contribution in [1.29, 1.82) is 0 Å². The van der Waals surface area contributed by atoms with Crippen molar-refractivity contribution in [3.63, 3.8) is 0 Å². The van der Waals surface area contributed by atoms with Crippen LogP contribution in [0.3, 0.4) is 0 Å². The summed E-state index contributed by atoms with van der Waals surface area (Å²) in [6, 6.07) is 17.7. The van der Waals surface area contributed by atoms with Gasteiger partial charge >= 0.3 is 0 Å². The molecular weight excluding hydrogens is 472 g/mol. The topological polar surface area (TPSA) is 75.2 Å². The van der Waals surface area contributed by atoms with Gasteiger partial charge in [0.05, 0.1) is 20.2 Å². The highest BCUT2D eigenvalue weighted by molar-refractivity contribution is 8.93. The number of nitrogens with one attached hydrogen (secondary N) is 2. The molecule has 0 aliphatic heterocycles. The molecule has 0 bridgehead atoms. The molecule has 0 heterocycles. The van der Waals surface area contributed by atoms with E-state index in [0.717, 1.165) is 23.3 Å². The Hall–Kier alpha value is -2.58. The van der Waals surface area contributed by atoms with Gasteiger partial charge in [-0.1, -0.05) is 42.5 Å². The van der Waals surface area contributed by atoms with Crippen molar-refractivity contribution in [3.8, 4) is 5.75 Å². The van der Waals surface area contributed by atoms with Crippen molar-refractivity contribution in [3.05, 3.63) is 65.7 Å². The molecule has 0 aliphatic carbocycles. The summed E-state index contributed by atoms with van der Waals surface area (Å²) in [6.07, 6.45) is 0.860. The standard InChI is InChI=1S/C24H34N4O3.BrH/c1-4-31-16-8-15-25-24(26-17-20-11-13-22(30-3)14-12-20)27-18-23(29)28(2)19-21-9-6-5-7-10-21;/h5-7,9-14H,4,8,15-19H2,1-3H3,(H2,25,26,27);1H. The van der Waals surface area contributed by atoms with Gasteiger partial charge in [0.25, 0.3) is 0 Å². The van der Waals surface area contributed by atoms with Gasteiger partial charge < -0.3 is 25.0 Å². The predicted octanol–water partition coefficient (Wildman–Crippen LogP) is 3.39. The van der Waals surface area contributed by atoms with Gasteiger partial charge in [0.1, 0.15) is 5.75 Å². The lowest BCUT2D eigenvalue weighted by Gasteiger charge is -2.19. The first-order chi connectivity index (χ1) is 15.1. The van der Waals surface area contributed by atoms with Gasteiger partial charge in [-0.15, -0.1) is 17.0 Å². The summed E-state index contributed by atoms with van der Waals surface area (Å²) in [6.45, 7) is 5.33. The number of ether oxygens (including phenoxy) is 2. The van der Waals surface area contributed by atoms with Gasteiger partial charge in [0.2, 0.25) is 5.91 Å². The third-order valence-corrected chi connectivity index (χ3v) is 4.64. The number of aliphatic imine (C=N–C) groups is 1. The number of hydrogen-bond donors (Lipinski definition) is 2. The Balaban J connectivity index is 0.00000512. The molecule has 8 heteroatoms. The maximum atomic E-state index is 12.6. The third kappa shape index (κ3) is 10.6. The van der Waals surface area contributed by atoms with Gasteiger partial charge in [-0.05, 0) is 36.6 Å². The molecule has 0 saturated heterocycles. The van der Waals surface area contributed by atoms with Crippen LogP contribution in [-0.2, 0) is 22.6 Å². The molecule has 0 radical (unpaired) electrons. The fourth-order valence-electron chi connectivity index (χ4n) is 2.84. The molecule has 1 amide bonds. The summed E-state index contributed by atoms with van der Waals surface area (Å²) < 4.78 is 10.6. The van der Waals surface area contributed by atoms with Crippen LogP contribution in [0.1, 0.15) is 24.5 Å². The number of guanidine groups is 1. The summed E-state index contributed by atoms with van der Waals surface area (Å²) >= 11 is 0. The second-order valence-electron chi connectivity index (χ2n) is 7.08. The average Bonchev–Trinajstić information content (AvgIpc) is 2.80. The van der Waals surface area contributed by atoms with E-state index in [4.69, 9.17) is 9.47 Å². The molecule has 0 aromatic heterocycles. The van der Waals surface area contributed by atoms with Crippen molar-refractivity contribution in [2.45, 2.75) is 26.4 Å². The molecule has 176 valence electrons. The summed E-state index contributed by atoms with van der Waals surface area (Å²) in [4.78, 5) is 18.9. The number of nitrogens with zero attached hydrogens (tertiary/aromatic N) is 2. The van der Waals surface area contributed by atoms with Gasteiger partial charge in [-0.3, -0.25) is 4.79 Å². The van der Waals surface area contributed by atoms with Gasteiger partial charge in [0.15, 0.2) is 5.96 Å². The van der Waals surface area contributed by atoms with Crippen LogP contribution in [0, 0.1) is 0 Å². The molecular formula is C24H35BrN4O3. The number of rotatable bonds is 12. The first-order valence-corrected chi connectivity index (χ1v) is 10.6. The normalized spacial score (nSPS) is 10.8. The van der Waals surface area contributed by atoms with Crippen LogP contribution in [0.5, 0.6) is 5.75 Å². The lowest BCUT2D eigenvalue weighted by molar-refractivity contribution is -0.129. The van der Waals surface area contributed by atoms with E-state index in [9.17, 15) is 4.79 Å². The number of methoxy groups -OCH3 is 1. The number of amides is 1. The predicted molar refractivity (Wildman–Crippen MR) is 134 cm³/mol. The Kier molecular flexibility index (Phi) is 13.8. The Morgan fingerprint density at radius 3 is 2.41 bits per heavy atom. The first kappa shape index (κ1) is 27.5. The van der Waals surface area contributed by atoms with Gasteiger partial charge in [0, 0.05) is 33.4 Å². The molecule has 32 heavy (non-hydrogen) atoms. The second kappa shape index (κ2) is 16.1. The van der Waals surface area contributed by atoms with E-state index >= 15 is 0 Å². The molecule has 2 rings (SSSR count). The average molecular weight is 507 g/mol. The zero-order valence-electron chi connectivity index (χ0n) is 19.2. The van der Waals surface area contributed by atoms with E-state index in [2.05, 4.69) is 15.6 Å². The summed E-state index contributed by atoms with van der Waals surface area (Å²) in [5, 5.41) is 6.43. The van der Waals surface area contributed by atoms with Crippen molar-refractivity contribution >= 4 is 28.8 Å². The fourth-order valence-corrected chi connectivity index (χ4v) is 2.84. The number of hydrogen-bond acceptors (Lipinski definition) is 4. The molecule has 0 fully saturated rings. The van der Waals surface area contributed by atoms with E-state index in [1.165, 1.54) is 0 Å². The Labute approximate surface area is 202 Å². The van der Waals surface area contributed by atoms with Crippen molar-refractivity contribution in [1.82, 2.24) is 15.5 Å². The zero-order valence-corrected chi connectivity index (χ0v) is 20.9. The smallest absolute Gasteiger partial charge is 0.242 e. The monoisotopic (exact) mass is 506 g/mol. The van der Waals surface area contributed by atoms with Crippen LogP contribution in [-0.4, -0.2) is 57.2 Å². The van der Waals surface area contributed by atoms with Crippen LogP contribution in [0.2, 0.25) is 0 Å². The minimum Gasteiger partial charge on any atom is -0.497 e. The highest BCUT2D eigenvalue weighted by atomic mass is 79.9. The second-order valence-corrected chi connectivity index (χ2v) is 7.08. The van der Waals surface area contributed by atoms with Crippen LogP contribution in [0.4, 0.5) is 0 Å². The maximum Gasteiger partial charge on any atom is 0.242 e. The Morgan fingerprint density at radius 2 is 1.75 bits per heavy atom. The van der Waals surface area contributed by atoms with Gasteiger partial charge in [-0.2, -0.15) is 0 Å². The molecule has 0 spiro atoms. The van der Waals surface area contributed by atoms with E-state index in [0.29, 0.717) is 38.8 Å². The number of carbonyl (C=O) groups excluding carboxylic acids is 1. The van der Waals surface area contributed by atoms with Crippen LogP contribution < -0.4 is 15.4 Å². The number of halogens is 1. The van der Waals surface area contributed by atoms with E-state index in [-0.39, 0.29) is 29.4 Å². The molecule has 2 aromatic carbocycles. The van der Waals surface area contributed by atoms with E-state index < -0.39 is 0 Å². The molecule has 0 atom stereocenters. The van der Waals surface area contributed by atoms with Crippen molar-refractivity contribution in [2.24, 2.45) is 4.99 Å². The minimum absolute atomic E-state index is 0. The number of carbonyl (C=O) groups is 1. The lowest BCUT2D eigenvalue weighted by Crippen LogP contribution is -2.44. The Bertz CT molecular complexity index is 801. The minimum atomic E-state index is -0.00267. The molecule has 0 aliphatic rings. The van der Waals surface area contributed by atoms with Crippen molar-refractivity contribution < 1.29 is 14.3 Å². The molecule has 0 saturated carbocycles. The quantitative estimate of drug-likeness (QED) is 0.262. The molecule has 7 nitrogen and oxygen atoms in total. The van der Waals surface area contributed by atoms with E-state index in [1.54, 1.807) is 19.1 Å². The fraction of sp³-hybridized carbons (Fsp3) is 0.417. The number of benzene rings is 2. The van der Waals surface area contributed by atoms with E-state index in [1.807, 2.05) is 61.5 Å². The summed E-state index contributed by atoms with van der Waals surface area (Å²) in [7, 11) is 3.45. The molecule has 0 unspecified atom stereocenters. The van der Waals surface area contributed by atoms with Crippen molar-refractivity contribution in [2.75, 3.05) is 40.5 Å². The van der Waals surface area contributed by atoms with Crippen LogP contribution in [0.15, 0.2) is 59.6 Å². The van der Waals surface area contributed by atoms with Crippen LogP contribution >= 0.6 is 17.0 Å². The summed E-state index contributed by atoms with van der Waals surface area (Å²) in [5.41, 5.74) is 2.16. The maximum absolute atomic E-state index is 12.6. The number of likely N-dealkylation sites (N-methyl/N-ethyl adjacent to an activating group) is 1. The zero-order chi connectivity index (χ0) is 22.3. The first-order valence-electron chi connectivity index (χ1n) is 10.6. The van der Waals surface area contributed by atoms with Crippen LogP contribution in [0.25, 0.3) is 0 Å². The highest BCUT2D eigenvalue weighted by Crippen LogP contribution is 2.11. The van der Waals surface area contributed by atoms with Gasteiger partial charge in [-0.25, -0.2) is 4.99 Å². The molecule has 2 N–H and O–H groups in total. The highest BCUT2D eigenvalue weighted by Gasteiger charge is 2.10. The Morgan fingerprint density at radius 1 is 1.03 bits per heavy atom. The third-order valence-electron chi connectivity index (χ3n) is 4.64. The SMILES string of the molecule is Br.CCOCCCNC(=NCc1ccc(OC)cc1)NCC(=O)N(C)Cc1ccccc1.